The van der Waals surface area contributed by atoms with Gasteiger partial charge in [0.2, 0.25) is 5.91 Å². The van der Waals surface area contributed by atoms with E-state index in [2.05, 4.69) is 0 Å². The number of likely N-dealkylation sites (N-methyl/N-ethyl adjacent to an activating group) is 1. The number of hydrogen-bond donors (Lipinski definition) is 1. The lowest BCUT2D eigenvalue weighted by molar-refractivity contribution is -0.130. The van der Waals surface area contributed by atoms with Crippen LogP contribution in [0.2, 0.25) is 0 Å². The van der Waals surface area contributed by atoms with Crippen molar-refractivity contribution in [3.05, 3.63) is 29.1 Å². The van der Waals surface area contributed by atoms with Crippen molar-refractivity contribution in [1.29, 1.82) is 0 Å². The molecule has 1 aliphatic rings. The summed E-state index contributed by atoms with van der Waals surface area (Å²) in [4.78, 5) is 26.8. The van der Waals surface area contributed by atoms with Gasteiger partial charge in [0.15, 0.2) is 5.78 Å². The highest BCUT2D eigenvalue weighted by molar-refractivity contribution is 5.97. The second kappa shape index (κ2) is 6.22. The smallest absolute Gasteiger partial charge is 0.236 e. The molecule has 1 N–H and O–H groups in total. The minimum absolute atomic E-state index is 0.00446. The van der Waals surface area contributed by atoms with Gasteiger partial charge in [-0.1, -0.05) is 0 Å². The zero-order chi connectivity index (χ0) is 15.6. The van der Waals surface area contributed by atoms with Crippen molar-refractivity contribution < 1.29 is 19.1 Å². The summed E-state index contributed by atoms with van der Waals surface area (Å²) in [5.74, 6) is -1.16. The quantitative estimate of drug-likeness (QED) is 0.856. The number of phenolic OH excluding ortho intramolecular Hbond substituents is 1. The zero-order valence-corrected chi connectivity index (χ0v) is 12.2. The average molecular weight is 294 g/mol. The molecule has 21 heavy (non-hydrogen) atoms. The number of rotatable bonds is 3. The Morgan fingerprint density at radius 2 is 2.10 bits per heavy atom. The maximum atomic E-state index is 13.6. The van der Waals surface area contributed by atoms with Crippen molar-refractivity contribution >= 4 is 11.7 Å². The summed E-state index contributed by atoms with van der Waals surface area (Å²) in [6.45, 7) is 3.11. The Balaban J connectivity index is 2.23. The van der Waals surface area contributed by atoms with Crippen molar-refractivity contribution in [1.82, 2.24) is 9.80 Å². The van der Waals surface area contributed by atoms with Crippen LogP contribution in [0, 0.1) is 5.82 Å². The highest BCUT2D eigenvalue weighted by Crippen LogP contribution is 2.26. The van der Waals surface area contributed by atoms with Gasteiger partial charge in [0.05, 0.1) is 12.1 Å². The Labute approximate surface area is 123 Å². The van der Waals surface area contributed by atoms with E-state index in [0.717, 1.165) is 12.5 Å². The summed E-state index contributed by atoms with van der Waals surface area (Å²) in [5.41, 5.74) is 0.306. The van der Waals surface area contributed by atoms with Crippen molar-refractivity contribution in [3.63, 3.8) is 0 Å². The molecule has 0 aliphatic carbocycles. The molecule has 1 aromatic rings. The van der Waals surface area contributed by atoms with Crippen LogP contribution in [0.1, 0.15) is 29.3 Å². The van der Waals surface area contributed by atoms with Gasteiger partial charge < -0.3 is 10.0 Å². The molecule has 1 aromatic carbocycles. The van der Waals surface area contributed by atoms with Crippen LogP contribution in [0.15, 0.2) is 12.1 Å². The van der Waals surface area contributed by atoms with Gasteiger partial charge >= 0.3 is 0 Å². The van der Waals surface area contributed by atoms with E-state index < -0.39 is 5.82 Å². The number of nitrogens with zero attached hydrogens (tertiary/aromatic N) is 2. The van der Waals surface area contributed by atoms with Gasteiger partial charge in [-0.2, -0.15) is 0 Å². The first-order chi connectivity index (χ1) is 9.88. The molecule has 1 amide bonds. The molecule has 5 nitrogen and oxygen atoms in total. The van der Waals surface area contributed by atoms with E-state index in [-0.39, 0.29) is 36.1 Å². The molecule has 1 saturated heterocycles. The van der Waals surface area contributed by atoms with E-state index in [4.69, 9.17) is 0 Å². The van der Waals surface area contributed by atoms with Crippen LogP contribution in [0.25, 0.3) is 0 Å². The van der Waals surface area contributed by atoms with Crippen molar-refractivity contribution in [2.24, 2.45) is 0 Å². The summed E-state index contributed by atoms with van der Waals surface area (Å²) in [6, 6.07) is 2.24. The summed E-state index contributed by atoms with van der Waals surface area (Å²) in [7, 11) is 1.75. The Morgan fingerprint density at radius 3 is 2.76 bits per heavy atom. The Kier molecular flexibility index (Phi) is 4.57. The lowest BCUT2D eigenvalue weighted by atomic mass is 10.0. The van der Waals surface area contributed by atoms with Crippen molar-refractivity contribution in [2.75, 3.05) is 26.7 Å². The third-order valence-corrected chi connectivity index (χ3v) is 3.68. The van der Waals surface area contributed by atoms with Gasteiger partial charge in [-0.25, -0.2) is 4.39 Å². The first kappa shape index (κ1) is 15.4. The molecule has 0 bridgehead atoms. The number of benzene rings is 1. The maximum absolute atomic E-state index is 13.6. The fourth-order valence-electron chi connectivity index (χ4n) is 2.47. The van der Waals surface area contributed by atoms with Crippen molar-refractivity contribution in [3.8, 4) is 5.75 Å². The SMILES string of the molecule is CC(=O)c1cc(F)cc(CN2CCCN(C)C(=O)C2)c1O. The van der Waals surface area contributed by atoms with Gasteiger partial charge in [0.25, 0.3) is 0 Å². The second-order valence-corrected chi connectivity index (χ2v) is 5.40. The number of hydrogen-bond acceptors (Lipinski definition) is 4. The lowest BCUT2D eigenvalue weighted by Crippen LogP contribution is -2.34. The van der Waals surface area contributed by atoms with Crippen LogP contribution in [0.3, 0.4) is 0 Å². The van der Waals surface area contributed by atoms with E-state index in [1.807, 2.05) is 4.90 Å². The fraction of sp³-hybridized carbons (Fsp3) is 0.467. The van der Waals surface area contributed by atoms with Gasteiger partial charge in [0.1, 0.15) is 11.6 Å². The topological polar surface area (TPSA) is 60.9 Å². The molecule has 1 fully saturated rings. The maximum Gasteiger partial charge on any atom is 0.236 e. The highest BCUT2D eigenvalue weighted by atomic mass is 19.1. The molecule has 114 valence electrons. The van der Waals surface area contributed by atoms with E-state index in [1.54, 1.807) is 11.9 Å². The van der Waals surface area contributed by atoms with E-state index >= 15 is 0 Å². The molecular weight excluding hydrogens is 275 g/mol. The van der Waals surface area contributed by atoms with E-state index in [1.165, 1.54) is 13.0 Å². The third kappa shape index (κ3) is 3.58. The molecule has 0 spiro atoms. The molecule has 0 radical (unpaired) electrons. The van der Waals surface area contributed by atoms with Gasteiger partial charge in [0, 0.05) is 32.2 Å². The largest absolute Gasteiger partial charge is 0.507 e. The molecule has 0 saturated carbocycles. The first-order valence-electron chi connectivity index (χ1n) is 6.87. The molecule has 2 rings (SSSR count). The Morgan fingerprint density at radius 1 is 1.38 bits per heavy atom. The van der Waals surface area contributed by atoms with Crippen molar-refractivity contribution in [2.45, 2.75) is 19.9 Å². The van der Waals surface area contributed by atoms with Crippen LogP contribution in [-0.2, 0) is 11.3 Å². The molecular formula is C15H19FN2O3. The van der Waals surface area contributed by atoms with Gasteiger partial charge in [-0.3, -0.25) is 14.5 Å². The van der Waals surface area contributed by atoms with E-state index in [0.29, 0.717) is 18.7 Å². The van der Waals surface area contributed by atoms with E-state index in [9.17, 15) is 19.1 Å². The number of Topliss-reactive ketones (excluding diaryl/α,β-unsaturated/α-hetero) is 1. The molecule has 6 heteroatoms. The minimum atomic E-state index is -0.564. The molecule has 0 unspecified atom stereocenters. The summed E-state index contributed by atoms with van der Waals surface area (Å²) in [6.07, 6.45) is 0.817. The second-order valence-electron chi connectivity index (χ2n) is 5.40. The Hall–Kier alpha value is -1.95. The predicted octanol–water partition coefficient (Wildman–Crippen LogP) is 1.40. The average Bonchev–Trinajstić information content (AvgIpc) is 2.55. The summed E-state index contributed by atoms with van der Waals surface area (Å²) >= 11 is 0. The molecule has 1 aliphatic heterocycles. The molecule has 0 atom stereocenters. The number of aromatic hydroxyl groups is 1. The first-order valence-corrected chi connectivity index (χ1v) is 6.87. The standard InChI is InChI=1S/C15H19FN2O3/c1-10(19)13-7-12(16)6-11(15(13)21)8-18-5-3-4-17(2)14(20)9-18/h6-7,21H,3-5,8-9H2,1-2H3. The Bertz CT molecular complexity index is 574. The lowest BCUT2D eigenvalue weighted by Gasteiger charge is -2.20. The van der Waals surface area contributed by atoms with Crippen LogP contribution in [0.4, 0.5) is 4.39 Å². The van der Waals surface area contributed by atoms with Crippen LogP contribution in [-0.4, -0.2) is 53.3 Å². The predicted molar refractivity (Wildman–Crippen MR) is 75.6 cm³/mol. The number of ketones is 1. The zero-order valence-electron chi connectivity index (χ0n) is 12.2. The molecule has 1 heterocycles. The fourth-order valence-corrected chi connectivity index (χ4v) is 2.47. The van der Waals surface area contributed by atoms with Crippen LogP contribution < -0.4 is 0 Å². The van der Waals surface area contributed by atoms with Gasteiger partial charge in [-0.05, 0) is 25.5 Å². The third-order valence-electron chi connectivity index (χ3n) is 3.68. The van der Waals surface area contributed by atoms with Gasteiger partial charge in [-0.15, -0.1) is 0 Å². The van der Waals surface area contributed by atoms with Crippen LogP contribution in [0.5, 0.6) is 5.75 Å². The number of halogens is 1. The number of amides is 1. The normalized spacial score (nSPS) is 16.9. The number of carbonyl (C=O) groups is 2. The van der Waals surface area contributed by atoms with Crippen LogP contribution >= 0.6 is 0 Å². The number of carbonyl (C=O) groups excluding carboxylic acids is 2. The summed E-state index contributed by atoms with van der Waals surface area (Å²) in [5, 5.41) is 10.1. The monoisotopic (exact) mass is 294 g/mol. The number of phenols is 1. The highest BCUT2D eigenvalue weighted by Gasteiger charge is 2.21. The molecule has 0 aromatic heterocycles. The minimum Gasteiger partial charge on any atom is -0.507 e. The summed E-state index contributed by atoms with van der Waals surface area (Å²) < 4.78 is 13.6.